The Labute approximate surface area is 106 Å². The highest BCUT2D eigenvalue weighted by atomic mass is 79.9. The second-order valence-electron chi connectivity index (χ2n) is 3.68. The van der Waals surface area contributed by atoms with Crippen LogP contribution in [0.3, 0.4) is 0 Å². The Bertz CT molecular complexity index is 673. The lowest BCUT2D eigenvalue weighted by Crippen LogP contribution is -1.75. The number of aromatic hydroxyl groups is 1. The van der Waals surface area contributed by atoms with Crippen molar-refractivity contribution in [2.75, 3.05) is 0 Å². The summed E-state index contributed by atoms with van der Waals surface area (Å²) in [7, 11) is 0. The number of phenols is 1. The SMILES string of the molecule is Oc1ccc(-c2nc3ccc(Br)cc3o2)cc1. The first kappa shape index (κ1) is 10.4. The van der Waals surface area contributed by atoms with Gasteiger partial charge in [-0.3, -0.25) is 0 Å². The Hall–Kier alpha value is -1.81. The first-order valence-electron chi connectivity index (χ1n) is 5.08. The van der Waals surface area contributed by atoms with Crippen molar-refractivity contribution in [3.05, 3.63) is 46.9 Å². The Morgan fingerprint density at radius 3 is 2.59 bits per heavy atom. The van der Waals surface area contributed by atoms with E-state index in [-0.39, 0.29) is 5.75 Å². The minimum absolute atomic E-state index is 0.229. The zero-order chi connectivity index (χ0) is 11.8. The summed E-state index contributed by atoms with van der Waals surface area (Å²) in [5, 5.41) is 9.22. The highest BCUT2D eigenvalue weighted by Crippen LogP contribution is 2.27. The van der Waals surface area contributed by atoms with Crippen LogP contribution in [0.1, 0.15) is 0 Å². The molecule has 1 heterocycles. The predicted octanol–water partition coefficient (Wildman–Crippen LogP) is 3.96. The molecule has 0 atom stereocenters. The first-order valence-corrected chi connectivity index (χ1v) is 5.87. The van der Waals surface area contributed by atoms with E-state index in [1.807, 2.05) is 18.2 Å². The Kier molecular flexibility index (Phi) is 2.37. The molecular formula is C13H8BrNO2. The molecule has 3 nitrogen and oxygen atoms in total. The van der Waals surface area contributed by atoms with E-state index in [2.05, 4.69) is 20.9 Å². The summed E-state index contributed by atoms with van der Waals surface area (Å²) in [5.74, 6) is 0.783. The van der Waals surface area contributed by atoms with Crippen molar-refractivity contribution in [2.45, 2.75) is 0 Å². The molecule has 0 spiro atoms. The maximum atomic E-state index is 9.22. The zero-order valence-electron chi connectivity index (χ0n) is 8.72. The number of fused-ring (bicyclic) bond motifs is 1. The van der Waals surface area contributed by atoms with Crippen LogP contribution >= 0.6 is 15.9 Å². The predicted molar refractivity (Wildman–Crippen MR) is 68.8 cm³/mol. The molecule has 3 aromatic rings. The number of nitrogens with zero attached hydrogens (tertiary/aromatic N) is 1. The van der Waals surface area contributed by atoms with Gasteiger partial charge < -0.3 is 9.52 Å². The van der Waals surface area contributed by atoms with Crippen LogP contribution in [0, 0.1) is 0 Å². The molecule has 0 aliphatic carbocycles. The van der Waals surface area contributed by atoms with E-state index in [0.717, 1.165) is 21.1 Å². The largest absolute Gasteiger partial charge is 0.508 e. The molecule has 84 valence electrons. The van der Waals surface area contributed by atoms with Crippen LogP contribution in [-0.2, 0) is 0 Å². The van der Waals surface area contributed by atoms with E-state index in [1.165, 1.54) is 0 Å². The van der Waals surface area contributed by atoms with Crippen molar-refractivity contribution in [3.8, 4) is 17.2 Å². The molecule has 0 fully saturated rings. The van der Waals surface area contributed by atoms with Crippen LogP contribution in [0.5, 0.6) is 5.75 Å². The number of phenolic OH excluding ortho intramolecular Hbond substituents is 1. The Balaban J connectivity index is 2.14. The van der Waals surface area contributed by atoms with E-state index >= 15 is 0 Å². The zero-order valence-corrected chi connectivity index (χ0v) is 10.3. The van der Waals surface area contributed by atoms with Crippen molar-refractivity contribution in [2.24, 2.45) is 0 Å². The summed E-state index contributed by atoms with van der Waals surface area (Å²) in [6, 6.07) is 12.5. The van der Waals surface area contributed by atoms with Crippen molar-refractivity contribution in [3.63, 3.8) is 0 Å². The van der Waals surface area contributed by atoms with E-state index in [4.69, 9.17) is 4.42 Å². The molecule has 0 aliphatic heterocycles. The highest BCUT2D eigenvalue weighted by Gasteiger charge is 2.08. The van der Waals surface area contributed by atoms with Gasteiger partial charge in [-0.05, 0) is 42.5 Å². The molecular weight excluding hydrogens is 282 g/mol. The topological polar surface area (TPSA) is 46.3 Å². The monoisotopic (exact) mass is 289 g/mol. The fourth-order valence-electron chi connectivity index (χ4n) is 1.63. The number of hydrogen-bond acceptors (Lipinski definition) is 3. The maximum absolute atomic E-state index is 9.22. The molecule has 4 heteroatoms. The number of aromatic nitrogens is 1. The normalized spacial score (nSPS) is 10.9. The van der Waals surface area contributed by atoms with Crippen LogP contribution in [0.2, 0.25) is 0 Å². The Morgan fingerprint density at radius 2 is 1.82 bits per heavy atom. The summed E-state index contributed by atoms with van der Waals surface area (Å²) >= 11 is 3.39. The third-order valence-corrected chi connectivity index (χ3v) is 2.96. The van der Waals surface area contributed by atoms with E-state index in [0.29, 0.717) is 5.89 Å². The average Bonchev–Trinajstić information content (AvgIpc) is 2.72. The van der Waals surface area contributed by atoms with Crippen molar-refractivity contribution < 1.29 is 9.52 Å². The molecule has 0 bridgehead atoms. The lowest BCUT2D eigenvalue weighted by atomic mass is 10.2. The van der Waals surface area contributed by atoms with E-state index in [1.54, 1.807) is 24.3 Å². The third-order valence-electron chi connectivity index (χ3n) is 2.46. The van der Waals surface area contributed by atoms with Crippen LogP contribution in [0.4, 0.5) is 0 Å². The number of benzene rings is 2. The summed E-state index contributed by atoms with van der Waals surface area (Å²) in [6.07, 6.45) is 0. The first-order chi connectivity index (χ1) is 8.22. The summed E-state index contributed by atoms with van der Waals surface area (Å²) in [5.41, 5.74) is 2.40. The molecule has 0 amide bonds. The third kappa shape index (κ3) is 1.91. The van der Waals surface area contributed by atoms with Gasteiger partial charge in [-0.25, -0.2) is 4.98 Å². The smallest absolute Gasteiger partial charge is 0.227 e. The van der Waals surface area contributed by atoms with Crippen LogP contribution < -0.4 is 0 Å². The fraction of sp³-hybridized carbons (Fsp3) is 0. The van der Waals surface area contributed by atoms with E-state index < -0.39 is 0 Å². The molecule has 0 saturated carbocycles. The lowest BCUT2D eigenvalue weighted by molar-refractivity contribution is 0.475. The van der Waals surface area contributed by atoms with Gasteiger partial charge in [0.25, 0.3) is 0 Å². The molecule has 0 aliphatic rings. The van der Waals surface area contributed by atoms with Gasteiger partial charge >= 0.3 is 0 Å². The van der Waals surface area contributed by atoms with Gasteiger partial charge in [0, 0.05) is 10.0 Å². The molecule has 1 N–H and O–H groups in total. The van der Waals surface area contributed by atoms with Gasteiger partial charge in [-0.15, -0.1) is 0 Å². The highest BCUT2D eigenvalue weighted by molar-refractivity contribution is 9.10. The number of oxazole rings is 1. The quantitative estimate of drug-likeness (QED) is 0.737. The van der Waals surface area contributed by atoms with Crippen molar-refractivity contribution >= 4 is 27.0 Å². The van der Waals surface area contributed by atoms with Gasteiger partial charge in [0.05, 0.1) is 0 Å². The van der Waals surface area contributed by atoms with Gasteiger partial charge in [0.15, 0.2) is 5.58 Å². The second-order valence-corrected chi connectivity index (χ2v) is 4.59. The Morgan fingerprint density at radius 1 is 1.06 bits per heavy atom. The van der Waals surface area contributed by atoms with Gasteiger partial charge in [-0.1, -0.05) is 15.9 Å². The number of halogens is 1. The van der Waals surface area contributed by atoms with Gasteiger partial charge in [0.2, 0.25) is 5.89 Å². The summed E-state index contributed by atoms with van der Waals surface area (Å²) in [6.45, 7) is 0. The summed E-state index contributed by atoms with van der Waals surface area (Å²) in [4.78, 5) is 4.38. The second kappa shape index (κ2) is 3.89. The molecule has 0 saturated heterocycles. The van der Waals surface area contributed by atoms with Crippen molar-refractivity contribution in [1.29, 1.82) is 0 Å². The fourth-order valence-corrected chi connectivity index (χ4v) is 1.97. The summed E-state index contributed by atoms with van der Waals surface area (Å²) < 4.78 is 6.61. The van der Waals surface area contributed by atoms with Crippen LogP contribution in [-0.4, -0.2) is 10.1 Å². The standard InChI is InChI=1S/C13H8BrNO2/c14-9-3-6-11-12(7-9)17-13(15-11)8-1-4-10(16)5-2-8/h1-7,16H. The maximum Gasteiger partial charge on any atom is 0.227 e. The molecule has 0 unspecified atom stereocenters. The van der Waals surface area contributed by atoms with Gasteiger partial charge in [0.1, 0.15) is 11.3 Å². The van der Waals surface area contributed by atoms with Crippen LogP contribution in [0.15, 0.2) is 51.4 Å². The van der Waals surface area contributed by atoms with Gasteiger partial charge in [-0.2, -0.15) is 0 Å². The minimum atomic E-state index is 0.229. The minimum Gasteiger partial charge on any atom is -0.508 e. The molecule has 17 heavy (non-hydrogen) atoms. The average molecular weight is 290 g/mol. The molecule has 1 aromatic heterocycles. The number of hydrogen-bond donors (Lipinski definition) is 1. The molecule has 3 rings (SSSR count). The number of rotatable bonds is 1. The lowest BCUT2D eigenvalue weighted by Gasteiger charge is -1.94. The van der Waals surface area contributed by atoms with Crippen molar-refractivity contribution in [1.82, 2.24) is 4.98 Å². The van der Waals surface area contributed by atoms with E-state index in [9.17, 15) is 5.11 Å². The van der Waals surface area contributed by atoms with Crippen LogP contribution in [0.25, 0.3) is 22.6 Å². The molecule has 0 radical (unpaired) electrons. The molecule has 2 aromatic carbocycles.